The summed E-state index contributed by atoms with van der Waals surface area (Å²) in [5, 5.41) is 3.67. The third kappa shape index (κ3) is 2.86. The molecule has 116 valence electrons. The van der Waals surface area contributed by atoms with Gasteiger partial charge in [0.15, 0.2) is 5.82 Å². The number of aromatic nitrogens is 3. The molecule has 0 saturated carbocycles. The number of sulfone groups is 1. The Morgan fingerprint density at radius 1 is 1.32 bits per heavy atom. The standard InChI is InChI=1S/C13H12FN3O3S2/c1-7(2)12-16-11(17-20-12)6-22(18,19)13-15-9-5-8(14)3-4-10(9)21-13/h3-5,7H,6H2,1-2H3. The maximum atomic E-state index is 13.2. The molecule has 0 atom stereocenters. The SMILES string of the molecule is CC(C)c1nc(CS(=O)(=O)c2nc3cc(F)ccc3s2)no1. The van der Waals surface area contributed by atoms with E-state index in [1.807, 2.05) is 13.8 Å². The molecule has 0 bridgehead atoms. The summed E-state index contributed by atoms with van der Waals surface area (Å²) in [4.78, 5) is 8.04. The highest BCUT2D eigenvalue weighted by Gasteiger charge is 2.24. The van der Waals surface area contributed by atoms with Crippen molar-refractivity contribution in [1.82, 2.24) is 15.1 Å². The number of fused-ring (bicyclic) bond motifs is 1. The van der Waals surface area contributed by atoms with Gasteiger partial charge in [0.1, 0.15) is 11.6 Å². The summed E-state index contributed by atoms with van der Waals surface area (Å²) in [6.45, 7) is 3.74. The molecule has 0 aliphatic heterocycles. The van der Waals surface area contributed by atoms with Gasteiger partial charge in [-0.1, -0.05) is 19.0 Å². The van der Waals surface area contributed by atoms with E-state index in [0.717, 1.165) is 11.3 Å². The highest BCUT2D eigenvalue weighted by Crippen LogP contribution is 2.28. The van der Waals surface area contributed by atoms with Crippen LogP contribution in [0.15, 0.2) is 27.1 Å². The van der Waals surface area contributed by atoms with Crippen LogP contribution in [0.2, 0.25) is 0 Å². The van der Waals surface area contributed by atoms with Crippen LogP contribution in [0.25, 0.3) is 10.2 Å². The van der Waals surface area contributed by atoms with E-state index >= 15 is 0 Å². The van der Waals surface area contributed by atoms with Crippen molar-refractivity contribution >= 4 is 31.4 Å². The molecular weight excluding hydrogens is 329 g/mol. The second-order valence-electron chi connectivity index (χ2n) is 5.05. The van der Waals surface area contributed by atoms with Gasteiger partial charge in [0, 0.05) is 12.0 Å². The van der Waals surface area contributed by atoms with Gasteiger partial charge in [-0.15, -0.1) is 11.3 Å². The van der Waals surface area contributed by atoms with E-state index in [1.165, 1.54) is 18.2 Å². The Labute approximate surface area is 129 Å². The maximum absolute atomic E-state index is 13.2. The molecule has 0 aliphatic rings. The molecule has 0 aliphatic carbocycles. The highest BCUT2D eigenvalue weighted by molar-refractivity contribution is 7.92. The Morgan fingerprint density at radius 3 is 2.77 bits per heavy atom. The van der Waals surface area contributed by atoms with E-state index in [-0.39, 0.29) is 16.1 Å². The van der Waals surface area contributed by atoms with Crippen LogP contribution in [0.1, 0.15) is 31.5 Å². The Morgan fingerprint density at radius 2 is 2.09 bits per heavy atom. The number of benzene rings is 1. The van der Waals surface area contributed by atoms with Gasteiger partial charge in [0.25, 0.3) is 0 Å². The van der Waals surface area contributed by atoms with Crippen molar-refractivity contribution in [2.75, 3.05) is 0 Å². The number of halogens is 1. The second kappa shape index (κ2) is 5.40. The lowest BCUT2D eigenvalue weighted by Gasteiger charge is -1.95. The highest BCUT2D eigenvalue weighted by atomic mass is 32.2. The van der Waals surface area contributed by atoms with Crippen LogP contribution < -0.4 is 0 Å². The average Bonchev–Trinajstić information content (AvgIpc) is 3.04. The van der Waals surface area contributed by atoms with Gasteiger partial charge in [-0.25, -0.2) is 17.8 Å². The summed E-state index contributed by atoms with van der Waals surface area (Å²) in [5.41, 5.74) is 0.319. The predicted octanol–water partition coefficient (Wildman–Crippen LogP) is 2.92. The topological polar surface area (TPSA) is 86.0 Å². The molecule has 0 saturated heterocycles. The first kappa shape index (κ1) is 15.0. The van der Waals surface area contributed by atoms with Gasteiger partial charge in [0.2, 0.25) is 20.1 Å². The van der Waals surface area contributed by atoms with E-state index in [9.17, 15) is 12.8 Å². The molecule has 0 radical (unpaired) electrons. The van der Waals surface area contributed by atoms with Crippen molar-refractivity contribution in [3.63, 3.8) is 0 Å². The number of thiazole rings is 1. The third-order valence-corrected chi connectivity index (χ3v) is 6.00. The first-order chi connectivity index (χ1) is 10.3. The fourth-order valence-corrected chi connectivity index (χ4v) is 4.25. The zero-order chi connectivity index (χ0) is 15.9. The summed E-state index contributed by atoms with van der Waals surface area (Å²) < 4.78 is 43.4. The number of rotatable bonds is 4. The van der Waals surface area contributed by atoms with Gasteiger partial charge >= 0.3 is 0 Å². The maximum Gasteiger partial charge on any atom is 0.229 e. The van der Waals surface area contributed by atoms with Crippen LogP contribution in [-0.4, -0.2) is 23.5 Å². The van der Waals surface area contributed by atoms with Crippen LogP contribution in [-0.2, 0) is 15.6 Å². The Bertz CT molecular complexity index is 931. The summed E-state index contributed by atoms with van der Waals surface area (Å²) in [6.07, 6.45) is 0. The fourth-order valence-electron chi connectivity index (χ4n) is 1.80. The Hall–Kier alpha value is -1.87. The van der Waals surface area contributed by atoms with Crippen molar-refractivity contribution in [2.45, 2.75) is 29.9 Å². The van der Waals surface area contributed by atoms with Crippen LogP contribution in [0.5, 0.6) is 0 Å². The van der Waals surface area contributed by atoms with Crippen molar-refractivity contribution in [3.8, 4) is 0 Å². The van der Waals surface area contributed by atoms with Crippen LogP contribution in [0.3, 0.4) is 0 Å². The molecule has 0 amide bonds. The molecule has 6 nitrogen and oxygen atoms in total. The van der Waals surface area contributed by atoms with Gasteiger partial charge in [-0.05, 0) is 12.1 Å². The molecule has 9 heteroatoms. The number of nitrogens with zero attached hydrogens (tertiary/aromatic N) is 3. The zero-order valence-electron chi connectivity index (χ0n) is 11.8. The summed E-state index contributed by atoms with van der Waals surface area (Å²) in [7, 11) is -3.70. The van der Waals surface area contributed by atoms with E-state index in [4.69, 9.17) is 4.52 Å². The van der Waals surface area contributed by atoms with Crippen LogP contribution in [0, 0.1) is 5.82 Å². The minimum absolute atomic E-state index is 0.0226. The largest absolute Gasteiger partial charge is 0.339 e. The van der Waals surface area contributed by atoms with Crippen LogP contribution in [0.4, 0.5) is 4.39 Å². The van der Waals surface area contributed by atoms with Gasteiger partial charge in [-0.3, -0.25) is 0 Å². The lowest BCUT2D eigenvalue weighted by Crippen LogP contribution is -2.06. The third-order valence-electron chi connectivity index (χ3n) is 2.89. The second-order valence-corrected chi connectivity index (χ2v) is 8.25. The van der Waals surface area contributed by atoms with E-state index in [2.05, 4.69) is 15.1 Å². The van der Waals surface area contributed by atoms with Crippen molar-refractivity contribution < 1.29 is 17.3 Å². The van der Waals surface area contributed by atoms with Gasteiger partial charge < -0.3 is 4.52 Å². The van der Waals surface area contributed by atoms with E-state index in [0.29, 0.717) is 16.1 Å². The van der Waals surface area contributed by atoms with Crippen molar-refractivity contribution in [3.05, 3.63) is 35.7 Å². The molecule has 2 aromatic heterocycles. The molecule has 0 fully saturated rings. The molecule has 0 spiro atoms. The first-order valence-corrected chi connectivity index (χ1v) is 8.93. The van der Waals surface area contributed by atoms with Crippen molar-refractivity contribution in [1.29, 1.82) is 0 Å². The monoisotopic (exact) mass is 341 g/mol. The Balaban J connectivity index is 1.93. The summed E-state index contributed by atoms with van der Waals surface area (Å²) >= 11 is 0.993. The van der Waals surface area contributed by atoms with E-state index in [1.54, 1.807) is 0 Å². The molecule has 1 aromatic carbocycles. The number of hydrogen-bond acceptors (Lipinski definition) is 7. The minimum atomic E-state index is -3.70. The summed E-state index contributed by atoms with van der Waals surface area (Å²) in [6, 6.07) is 3.98. The lowest BCUT2D eigenvalue weighted by atomic mass is 10.2. The smallest absolute Gasteiger partial charge is 0.229 e. The lowest BCUT2D eigenvalue weighted by molar-refractivity contribution is 0.361. The fraction of sp³-hybridized carbons (Fsp3) is 0.308. The van der Waals surface area contributed by atoms with Gasteiger partial charge in [0.05, 0.1) is 10.2 Å². The molecule has 22 heavy (non-hydrogen) atoms. The predicted molar refractivity (Wildman–Crippen MR) is 78.9 cm³/mol. The Kier molecular flexibility index (Phi) is 3.69. The average molecular weight is 341 g/mol. The molecular formula is C13H12FN3O3S2. The molecule has 2 heterocycles. The first-order valence-electron chi connectivity index (χ1n) is 6.46. The van der Waals surface area contributed by atoms with Crippen molar-refractivity contribution in [2.24, 2.45) is 0 Å². The van der Waals surface area contributed by atoms with E-state index < -0.39 is 21.4 Å². The van der Waals surface area contributed by atoms with Crippen LogP contribution >= 0.6 is 11.3 Å². The molecule has 3 aromatic rings. The molecule has 0 N–H and O–H groups in total. The molecule has 3 rings (SSSR count). The normalized spacial score (nSPS) is 12.4. The van der Waals surface area contributed by atoms with Gasteiger partial charge in [-0.2, -0.15) is 4.98 Å². The minimum Gasteiger partial charge on any atom is -0.339 e. The quantitative estimate of drug-likeness (QED) is 0.725. The zero-order valence-corrected chi connectivity index (χ0v) is 13.4. The molecule has 0 unspecified atom stereocenters. The summed E-state index contributed by atoms with van der Waals surface area (Å²) in [5.74, 6) is -0.354. The number of hydrogen-bond donors (Lipinski definition) is 0.